The van der Waals surface area contributed by atoms with Gasteiger partial charge in [-0.15, -0.1) is 0 Å². The molecule has 5 atom stereocenters. The topological polar surface area (TPSA) is 62.4 Å². The fraction of sp³-hybridized carbons (Fsp3) is 0.450. The quantitative estimate of drug-likeness (QED) is 0.768. The number of methoxy groups -OCH3 is 1. The molecule has 6 nitrogen and oxygen atoms in total. The number of nitrogens with zero attached hydrogens (tertiary/aromatic N) is 1. The molecule has 2 aliphatic heterocycles. The summed E-state index contributed by atoms with van der Waals surface area (Å²) < 4.78 is 29.3. The van der Waals surface area contributed by atoms with E-state index in [4.69, 9.17) is 28.4 Å². The lowest BCUT2D eigenvalue weighted by molar-refractivity contribution is -0.229. The maximum atomic E-state index is 6.11. The SMILES string of the molecule is CO[C@@H]1O[C@H]([C@H](N=Cc2ccccc2)c2ccco2)[C@H]2OC(C)(C)O[C@@H]12. The van der Waals surface area contributed by atoms with Crippen LogP contribution in [0.25, 0.3) is 0 Å². The first-order valence-electron chi connectivity index (χ1n) is 8.73. The van der Waals surface area contributed by atoms with Crippen molar-refractivity contribution in [1.82, 2.24) is 0 Å². The molecule has 0 bridgehead atoms. The number of benzene rings is 1. The molecule has 26 heavy (non-hydrogen) atoms. The second kappa shape index (κ2) is 6.96. The molecule has 0 unspecified atom stereocenters. The van der Waals surface area contributed by atoms with E-state index in [0.29, 0.717) is 5.76 Å². The predicted octanol–water partition coefficient (Wildman–Crippen LogP) is 3.33. The molecule has 0 aliphatic carbocycles. The molecule has 3 heterocycles. The van der Waals surface area contributed by atoms with Crippen LogP contribution in [0.4, 0.5) is 0 Å². The average Bonchev–Trinajstić information content (AvgIpc) is 3.32. The second-order valence-corrected chi connectivity index (χ2v) is 6.92. The monoisotopic (exact) mass is 357 g/mol. The van der Waals surface area contributed by atoms with Crippen LogP contribution in [0.1, 0.15) is 31.2 Å². The van der Waals surface area contributed by atoms with E-state index in [-0.39, 0.29) is 24.4 Å². The molecule has 2 aliphatic rings. The van der Waals surface area contributed by atoms with Crippen molar-refractivity contribution in [2.75, 3.05) is 7.11 Å². The Morgan fingerprint density at radius 2 is 1.85 bits per heavy atom. The first-order valence-corrected chi connectivity index (χ1v) is 8.73. The zero-order chi connectivity index (χ0) is 18.1. The highest BCUT2D eigenvalue weighted by Gasteiger charge is 2.58. The van der Waals surface area contributed by atoms with Gasteiger partial charge in [-0.3, -0.25) is 4.99 Å². The van der Waals surface area contributed by atoms with Gasteiger partial charge in [-0.25, -0.2) is 0 Å². The van der Waals surface area contributed by atoms with Crippen molar-refractivity contribution in [1.29, 1.82) is 0 Å². The van der Waals surface area contributed by atoms with Crippen molar-refractivity contribution in [3.8, 4) is 0 Å². The molecule has 0 spiro atoms. The fourth-order valence-corrected chi connectivity index (χ4v) is 3.52. The summed E-state index contributed by atoms with van der Waals surface area (Å²) in [6.07, 6.45) is 1.99. The van der Waals surface area contributed by atoms with Gasteiger partial charge in [0.15, 0.2) is 12.1 Å². The second-order valence-electron chi connectivity index (χ2n) is 6.92. The molecule has 138 valence electrons. The largest absolute Gasteiger partial charge is 0.467 e. The van der Waals surface area contributed by atoms with E-state index >= 15 is 0 Å². The fourth-order valence-electron chi connectivity index (χ4n) is 3.52. The number of aliphatic imine (C=N–C) groups is 1. The first-order chi connectivity index (χ1) is 12.6. The summed E-state index contributed by atoms with van der Waals surface area (Å²) in [4.78, 5) is 4.76. The van der Waals surface area contributed by atoms with Crippen LogP contribution < -0.4 is 0 Å². The number of hydrogen-bond acceptors (Lipinski definition) is 6. The van der Waals surface area contributed by atoms with E-state index < -0.39 is 12.1 Å². The summed E-state index contributed by atoms with van der Waals surface area (Å²) in [7, 11) is 1.61. The minimum atomic E-state index is -0.689. The molecule has 0 saturated carbocycles. The molecule has 1 aromatic carbocycles. The van der Waals surface area contributed by atoms with Gasteiger partial charge in [0.25, 0.3) is 0 Å². The third-order valence-corrected chi connectivity index (χ3v) is 4.61. The van der Waals surface area contributed by atoms with Crippen LogP contribution in [-0.2, 0) is 18.9 Å². The maximum Gasteiger partial charge on any atom is 0.186 e. The number of fused-ring (bicyclic) bond motifs is 1. The highest BCUT2D eigenvalue weighted by Crippen LogP contribution is 2.43. The highest BCUT2D eigenvalue weighted by atomic mass is 16.8. The van der Waals surface area contributed by atoms with Crippen molar-refractivity contribution < 1.29 is 23.4 Å². The lowest BCUT2D eigenvalue weighted by atomic mass is 10.0. The standard InChI is InChI=1S/C20H23NO5/c1-20(2)25-17-16(24-19(22-3)18(17)26-20)15(14-10-7-11-23-14)21-12-13-8-5-4-6-9-13/h4-12,15-19H,1-3H3/t15-,16-,17-,18-,19-/m1/s1. The summed E-state index contributed by atoms with van der Waals surface area (Å²) in [5.74, 6) is 0.0244. The van der Waals surface area contributed by atoms with E-state index in [1.54, 1.807) is 13.4 Å². The molecule has 4 rings (SSSR count). The van der Waals surface area contributed by atoms with Gasteiger partial charge in [-0.05, 0) is 31.5 Å². The Hall–Kier alpha value is -1.99. The smallest absolute Gasteiger partial charge is 0.186 e. The number of furan rings is 1. The van der Waals surface area contributed by atoms with Crippen LogP contribution >= 0.6 is 0 Å². The molecule has 2 fully saturated rings. The number of hydrogen-bond donors (Lipinski definition) is 0. The van der Waals surface area contributed by atoms with Gasteiger partial charge in [-0.2, -0.15) is 0 Å². The lowest BCUT2D eigenvalue weighted by Gasteiger charge is -2.26. The molecule has 6 heteroatoms. The molecule has 0 amide bonds. The van der Waals surface area contributed by atoms with Gasteiger partial charge >= 0.3 is 0 Å². The minimum Gasteiger partial charge on any atom is -0.467 e. The normalized spacial score (nSPS) is 31.3. The average molecular weight is 357 g/mol. The summed E-state index contributed by atoms with van der Waals surface area (Å²) in [6.45, 7) is 3.79. The van der Waals surface area contributed by atoms with E-state index in [1.165, 1.54) is 0 Å². The van der Waals surface area contributed by atoms with Crippen LogP contribution in [0.15, 0.2) is 58.1 Å². The van der Waals surface area contributed by atoms with Gasteiger partial charge in [0, 0.05) is 13.3 Å². The van der Waals surface area contributed by atoms with Crippen molar-refractivity contribution in [3.63, 3.8) is 0 Å². The third kappa shape index (κ3) is 3.33. The van der Waals surface area contributed by atoms with E-state index in [1.807, 2.05) is 62.5 Å². The van der Waals surface area contributed by atoms with Gasteiger partial charge < -0.3 is 23.4 Å². The van der Waals surface area contributed by atoms with Crippen LogP contribution in [0, 0.1) is 0 Å². The molecular formula is C20H23NO5. The van der Waals surface area contributed by atoms with Crippen LogP contribution in [-0.4, -0.2) is 43.7 Å². The van der Waals surface area contributed by atoms with E-state index in [9.17, 15) is 0 Å². The van der Waals surface area contributed by atoms with E-state index in [2.05, 4.69) is 0 Å². The summed E-state index contributed by atoms with van der Waals surface area (Å²) in [5, 5.41) is 0. The Kier molecular flexibility index (Phi) is 4.67. The Bertz CT molecular complexity index is 743. The molecule has 0 N–H and O–H groups in total. The van der Waals surface area contributed by atoms with Gasteiger partial charge in [0.05, 0.1) is 6.26 Å². The van der Waals surface area contributed by atoms with Crippen LogP contribution in [0.3, 0.4) is 0 Å². The molecule has 2 saturated heterocycles. The van der Waals surface area contributed by atoms with Crippen LogP contribution in [0.2, 0.25) is 0 Å². The molecule has 1 aromatic heterocycles. The molecule has 0 radical (unpaired) electrons. The Morgan fingerprint density at radius 1 is 1.08 bits per heavy atom. The Balaban J connectivity index is 1.65. The summed E-state index contributed by atoms with van der Waals surface area (Å²) in [5.41, 5.74) is 1.01. The van der Waals surface area contributed by atoms with Gasteiger partial charge in [-0.1, -0.05) is 30.3 Å². The van der Waals surface area contributed by atoms with Gasteiger partial charge in [0.2, 0.25) is 0 Å². The van der Waals surface area contributed by atoms with E-state index in [0.717, 1.165) is 5.56 Å². The predicted molar refractivity (Wildman–Crippen MR) is 95.0 cm³/mol. The summed E-state index contributed by atoms with van der Waals surface area (Å²) in [6, 6.07) is 13.3. The van der Waals surface area contributed by atoms with Crippen LogP contribution in [0.5, 0.6) is 0 Å². The highest BCUT2D eigenvalue weighted by molar-refractivity contribution is 5.79. The van der Waals surface area contributed by atoms with Crippen molar-refractivity contribution >= 4 is 6.21 Å². The molecule has 2 aromatic rings. The number of rotatable bonds is 5. The Labute approximate surface area is 152 Å². The first kappa shape index (κ1) is 17.4. The minimum absolute atomic E-state index is 0.294. The summed E-state index contributed by atoms with van der Waals surface area (Å²) >= 11 is 0. The zero-order valence-corrected chi connectivity index (χ0v) is 15.1. The van der Waals surface area contributed by atoms with Crippen molar-refractivity contribution in [2.45, 2.75) is 50.3 Å². The maximum absolute atomic E-state index is 6.11. The van der Waals surface area contributed by atoms with Crippen molar-refractivity contribution in [3.05, 3.63) is 60.1 Å². The zero-order valence-electron chi connectivity index (χ0n) is 15.1. The molecular weight excluding hydrogens is 334 g/mol. The van der Waals surface area contributed by atoms with Crippen molar-refractivity contribution in [2.24, 2.45) is 4.99 Å². The lowest BCUT2D eigenvalue weighted by Crippen LogP contribution is -2.33. The Morgan fingerprint density at radius 3 is 2.54 bits per heavy atom. The number of ether oxygens (including phenoxy) is 4. The van der Waals surface area contributed by atoms with Gasteiger partial charge in [0.1, 0.15) is 30.1 Å². The third-order valence-electron chi connectivity index (χ3n) is 4.61.